The van der Waals surface area contributed by atoms with Crippen molar-refractivity contribution in [2.75, 3.05) is 6.54 Å². The molecular formula is C29H29Cl2N3O5S. The molecule has 11 heteroatoms. The lowest BCUT2D eigenvalue weighted by molar-refractivity contribution is -0.141. The van der Waals surface area contributed by atoms with E-state index in [2.05, 4.69) is 5.32 Å². The van der Waals surface area contributed by atoms with E-state index in [-0.39, 0.29) is 39.5 Å². The Morgan fingerprint density at radius 2 is 1.57 bits per heavy atom. The van der Waals surface area contributed by atoms with Gasteiger partial charge in [0.2, 0.25) is 11.8 Å². The van der Waals surface area contributed by atoms with Crippen LogP contribution in [0, 0.1) is 0 Å². The van der Waals surface area contributed by atoms with Crippen molar-refractivity contribution in [3.8, 4) is 0 Å². The third-order valence-electron chi connectivity index (χ3n) is 6.85. The van der Waals surface area contributed by atoms with Gasteiger partial charge in [-0.05, 0) is 43.2 Å². The van der Waals surface area contributed by atoms with Crippen LogP contribution in [0.25, 0.3) is 0 Å². The van der Waals surface area contributed by atoms with Crippen molar-refractivity contribution in [2.45, 2.75) is 50.2 Å². The zero-order chi connectivity index (χ0) is 29.0. The first-order chi connectivity index (χ1) is 19.0. The molecule has 210 valence electrons. The monoisotopic (exact) mass is 601 g/mol. The number of hydrogen-bond acceptors (Lipinski definition) is 5. The predicted molar refractivity (Wildman–Crippen MR) is 154 cm³/mol. The molecule has 0 saturated carbocycles. The second kappa shape index (κ2) is 12.4. The number of carbonyl (C=O) groups excluding carboxylic acids is 3. The fourth-order valence-electron chi connectivity index (χ4n) is 4.45. The van der Waals surface area contributed by atoms with Gasteiger partial charge in [0.1, 0.15) is 17.5 Å². The number of sulfonamides is 1. The van der Waals surface area contributed by atoms with Crippen molar-refractivity contribution in [3.63, 3.8) is 0 Å². The van der Waals surface area contributed by atoms with Crippen molar-refractivity contribution in [2.24, 2.45) is 0 Å². The second-order valence-corrected chi connectivity index (χ2v) is 12.2. The quantitative estimate of drug-likeness (QED) is 0.363. The molecule has 0 radical (unpaired) electrons. The van der Waals surface area contributed by atoms with Crippen LogP contribution >= 0.6 is 23.2 Å². The van der Waals surface area contributed by atoms with Crippen LogP contribution in [-0.2, 0) is 32.6 Å². The van der Waals surface area contributed by atoms with E-state index in [4.69, 9.17) is 23.2 Å². The summed E-state index contributed by atoms with van der Waals surface area (Å²) in [6, 6.07) is 18.6. The minimum atomic E-state index is -4.26. The number of rotatable bonds is 10. The van der Waals surface area contributed by atoms with Gasteiger partial charge in [-0.15, -0.1) is 0 Å². The molecule has 1 heterocycles. The van der Waals surface area contributed by atoms with Gasteiger partial charge in [0.25, 0.3) is 15.9 Å². The number of benzene rings is 3. The van der Waals surface area contributed by atoms with E-state index in [0.717, 1.165) is 5.56 Å². The number of hydrogen-bond donors (Lipinski definition) is 1. The smallest absolute Gasteiger partial charge is 0.269 e. The molecule has 8 nitrogen and oxygen atoms in total. The molecule has 2 atom stereocenters. The second-order valence-electron chi connectivity index (χ2n) is 9.56. The van der Waals surface area contributed by atoms with Crippen LogP contribution in [0.5, 0.6) is 0 Å². The van der Waals surface area contributed by atoms with E-state index >= 15 is 0 Å². The first-order valence-corrected chi connectivity index (χ1v) is 15.0. The van der Waals surface area contributed by atoms with Crippen LogP contribution < -0.4 is 5.32 Å². The first-order valence-electron chi connectivity index (χ1n) is 12.8. The Kier molecular flexibility index (Phi) is 9.18. The standard InChI is InChI=1S/C29H29Cl2N3O5S/c1-3-19(2)32-28(36)25(16-20-10-5-4-6-11-20)33(17-22-23(30)13-9-14-24(22)31)27(35)18-34-29(37)21-12-7-8-15-26(21)40(34,38)39/h4-15,19,25H,3,16-18H2,1-2H3,(H,32,36)/t19-,25-/m1/s1. The van der Waals surface area contributed by atoms with Gasteiger partial charge in [-0.25, -0.2) is 12.7 Å². The summed E-state index contributed by atoms with van der Waals surface area (Å²) in [5.41, 5.74) is 1.17. The number of halogens is 2. The molecule has 0 fully saturated rings. The summed E-state index contributed by atoms with van der Waals surface area (Å²) >= 11 is 12.9. The first kappa shape index (κ1) is 29.6. The van der Waals surface area contributed by atoms with Gasteiger partial charge >= 0.3 is 0 Å². The lowest BCUT2D eigenvalue weighted by Gasteiger charge is -2.33. The minimum absolute atomic E-state index is 0.00801. The zero-order valence-corrected chi connectivity index (χ0v) is 24.3. The highest BCUT2D eigenvalue weighted by Gasteiger charge is 2.43. The van der Waals surface area contributed by atoms with Gasteiger partial charge in [0.15, 0.2) is 0 Å². The molecule has 0 spiro atoms. The zero-order valence-electron chi connectivity index (χ0n) is 22.0. The highest BCUT2D eigenvalue weighted by atomic mass is 35.5. The summed E-state index contributed by atoms with van der Waals surface area (Å²) < 4.78 is 27.0. The summed E-state index contributed by atoms with van der Waals surface area (Å²) in [6.07, 6.45) is 0.796. The van der Waals surface area contributed by atoms with Crippen LogP contribution in [0.2, 0.25) is 10.0 Å². The number of fused-ring (bicyclic) bond motifs is 1. The number of nitrogens with one attached hydrogen (secondary N) is 1. The number of amides is 3. The van der Waals surface area contributed by atoms with Crippen molar-refractivity contribution in [1.82, 2.24) is 14.5 Å². The van der Waals surface area contributed by atoms with Crippen molar-refractivity contribution in [1.29, 1.82) is 0 Å². The lowest BCUT2D eigenvalue weighted by Crippen LogP contribution is -2.54. The van der Waals surface area contributed by atoms with Gasteiger partial charge in [-0.2, -0.15) is 0 Å². The summed E-state index contributed by atoms with van der Waals surface area (Å²) in [5.74, 6) is -1.97. The minimum Gasteiger partial charge on any atom is -0.352 e. The maximum absolute atomic E-state index is 14.0. The highest BCUT2D eigenvalue weighted by molar-refractivity contribution is 7.90. The largest absolute Gasteiger partial charge is 0.352 e. The average molecular weight is 603 g/mol. The van der Waals surface area contributed by atoms with Crippen LogP contribution in [0.15, 0.2) is 77.7 Å². The summed E-state index contributed by atoms with van der Waals surface area (Å²) in [7, 11) is -4.26. The Bertz CT molecular complexity index is 1510. The van der Waals surface area contributed by atoms with Gasteiger partial charge in [0, 0.05) is 34.6 Å². The number of nitrogens with zero attached hydrogens (tertiary/aromatic N) is 2. The van der Waals surface area contributed by atoms with Crippen molar-refractivity contribution >= 4 is 50.9 Å². The fourth-order valence-corrected chi connectivity index (χ4v) is 6.48. The van der Waals surface area contributed by atoms with Crippen LogP contribution in [0.3, 0.4) is 0 Å². The molecule has 3 aromatic rings. The molecule has 1 N–H and O–H groups in total. The van der Waals surface area contributed by atoms with E-state index in [1.54, 1.807) is 24.3 Å². The van der Waals surface area contributed by atoms with Gasteiger partial charge in [0.05, 0.1) is 5.56 Å². The maximum Gasteiger partial charge on any atom is 0.269 e. The Hall–Kier alpha value is -3.40. The molecule has 0 bridgehead atoms. The van der Waals surface area contributed by atoms with Crippen molar-refractivity contribution in [3.05, 3.63) is 99.5 Å². The molecule has 1 aliphatic rings. The maximum atomic E-state index is 14.0. The van der Waals surface area contributed by atoms with Gasteiger partial charge in [-0.1, -0.05) is 78.7 Å². The Labute approximate surface area is 243 Å². The molecule has 4 rings (SSSR count). The van der Waals surface area contributed by atoms with Crippen LogP contribution in [0.1, 0.15) is 41.8 Å². The van der Waals surface area contributed by atoms with Crippen molar-refractivity contribution < 1.29 is 22.8 Å². The Morgan fingerprint density at radius 3 is 2.20 bits per heavy atom. The average Bonchev–Trinajstić information content (AvgIpc) is 3.13. The Morgan fingerprint density at radius 1 is 0.950 bits per heavy atom. The Balaban J connectivity index is 1.76. The summed E-state index contributed by atoms with van der Waals surface area (Å²) in [6.45, 7) is 2.80. The predicted octanol–water partition coefficient (Wildman–Crippen LogP) is 4.69. The third kappa shape index (κ3) is 6.16. The fraction of sp³-hybridized carbons (Fsp3) is 0.276. The van der Waals surface area contributed by atoms with Crippen LogP contribution in [-0.4, -0.2) is 54.0 Å². The topological polar surface area (TPSA) is 104 Å². The van der Waals surface area contributed by atoms with Gasteiger partial charge in [-0.3, -0.25) is 14.4 Å². The normalized spacial score (nSPS) is 15.3. The van der Waals surface area contributed by atoms with E-state index in [0.29, 0.717) is 16.3 Å². The summed E-state index contributed by atoms with van der Waals surface area (Å²) in [4.78, 5) is 41.8. The molecule has 0 saturated heterocycles. The highest BCUT2D eigenvalue weighted by Crippen LogP contribution is 2.31. The molecule has 3 amide bonds. The molecule has 3 aromatic carbocycles. The van der Waals surface area contributed by atoms with E-state index in [1.165, 1.54) is 23.1 Å². The molecule has 0 unspecified atom stereocenters. The van der Waals surface area contributed by atoms with E-state index in [1.807, 2.05) is 44.2 Å². The molecule has 0 aliphatic carbocycles. The third-order valence-corrected chi connectivity index (χ3v) is 9.35. The molecule has 40 heavy (non-hydrogen) atoms. The number of carbonyl (C=O) groups is 3. The lowest BCUT2D eigenvalue weighted by atomic mass is 10.0. The van der Waals surface area contributed by atoms with Crippen LogP contribution in [0.4, 0.5) is 0 Å². The molecular weight excluding hydrogens is 573 g/mol. The molecule has 0 aromatic heterocycles. The van der Waals surface area contributed by atoms with Gasteiger partial charge < -0.3 is 10.2 Å². The SMILES string of the molecule is CC[C@@H](C)NC(=O)[C@@H](Cc1ccccc1)N(Cc1c(Cl)cccc1Cl)C(=O)CN1C(=O)c2ccccc2S1(=O)=O. The molecule has 1 aliphatic heterocycles. The van der Waals surface area contributed by atoms with E-state index < -0.39 is 40.3 Å². The summed E-state index contributed by atoms with van der Waals surface area (Å²) in [5, 5.41) is 3.50. The van der Waals surface area contributed by atoms with E-state index in [9.17, 15) is 22.8 Å².